The van der Waals surface area contributed by atoms with Gasteiger partial charge in [0, 0.05) is 25.6 Å². The van der Waals surface area contributed by atoms with E-state index in [4.69, 9.17) is 21.4 Å². The minimum Gasteiger partial charge on any atom is -0.481 e. The van der Waals surface area contributed by atoms with Crippen molar-refractivity contribution in [3.05, 3.63) is 70.3 Å². The number of aliphatic hydroxyl groups excluding tert-OH is 2. The molecule has 2 rings (SSSR count). The van der Waals surface area contributed by atoms with Crippen molar-refractivity contribution < 1.29 is 48.4 Å². The minimum absolute atomic E-state index is 0.131. The number of aromatic nitrogens is 1. The van der Waals surface area contributed by atoms with Gasteiger partial charge in [-0.25, -0.2) is 4.39 Å². The van der Waals surface area contributed by atoms with Gasteiger partial charge >= 0.3 is 11.9 Å². The highest BCUT2D eigenvalue weighted by Gasteiger charge is 2.21. The van der Waals surface area contributed by atoms with Crippen LogP contribution in [0.1, 0.15) is 64.0 Å². The molecule has 238 valence electrons. The predicted octanol–water partition coefficient (Wildman–Crippen LogP) is 4.58. The molecule has 0 bridgehead atoms. The van der Waals surface area contributed by atoms with E-state index in [1.165, 1.54) is 6.08 Å². The van der Waals surface area contributed by atoms with Crippen LogP contribution >= 0.6 is 11.6 Å². The summed E-state index contributed by atoms with van der Waals surface area (Å²) in [7, 11) is 0. The van der Waals surface area contributed by atoms with Gasteiger partial charge < -0.3 is 39.7 Å². The molecule has 1 aliphatic carbocycles. The van der Waals surface area contributed by atoms with Gasteiger partial charge in [-0.15, -0.1) is 0 Å². The molecule has 43 heavy (non-hydrogen) atoms. The Bertz CT molecular complexity index is 1170. The fourth-order valence-corrected chi connectivity index (χ4v) is 3.38. The first-order valence-corrected chi connectivity index (χ1v) is 13.8. The molecule has 1 aromatic rings. The minimum atomic E-state index is -1.26. The van der Waals surface area contributed by atoms with E-state index >= 15 is 0 Å². The molecular formula is C30H40ClFN2O9. The summed E-state index contributed by atoms with van der Waals surface area (Å²) >= 11 is 6.64. The first-order valence-electron chi connectivity index (χ1n) is 13.4. The number of carbonyl (C=O) groups excluding carboxylic acids is 3. The number of carboxylic acid groups (broad SMARTS) is 1. The number of hydrogen-bond acceptors (Lipinski definition) is 10. The number of carbonyl (C=O) groups is 4. The SMILES string of the molecule is C=C(CO)CNc1c(C(O)OC(C)C)ncc(CC2=C/C=C(/F)CC/C=C\2)c1Cl.CCOC(=O)CC=O.O=CCC(=O)O. The van der Waals surface area contributed by atoms with E-state index in [2.05, 4.69) is 21.6 Å². The fourth-order valence-electron chi connectivity index (χ4n) is 3.10. The van der Waals surface area contributed by atoms with Crippen molar-refractivity contribution in [1.82, 2.24) is 4.98 Å². The van der Waals surface area contributed by atoms with Crippen LogP contribution in [0.25, 0.3) is 0 Å². The highest BCUT2D eigenvalue weighted by Crippen LogP contribution is 2.34. The number of allylic oxidation sites excluding steroid dienone is 6. The van der Waals surface area contributed by atoms with Crippen LogP contribution in [0.15, 0.2) is 54.1 Å². The first kappa shape index (κ1) is 39.3. The standard InChI is InChI=1S/C22H28ClFN2O3.C5H8O3.C3H4O3/c1-14(2)29-22(28)21-20(25-11-15(3)13-27)19(23)17(12-26-21)10-16-6-4-5-7-18(24)9-8-16;1-2-8-5(7)3-4-6;4-2-1-3(5)6/h4,6,8-9,12,14,22,25,27-28H,3,5,7,10-11,13H2,1-2H3;4H,2-3H2,1H3;2H,1H2,(H,5,6)/b6-4-,16-8+,18-9+;;. The van der Waals surface area contributed by atoms with Gasteiger partial charge in [0.2, 0.25) is 6.29 Å². The topological polar surface area (TPSA) is 172 Å². The highest BCUT2D eigenvalue weighted by atomic mass is 35.5. The van der Waals surface area contributed by atoms with E-state index in [0.717, 1.165) is 11.1 Å². The van der Waals surface area contributed by atoms with Crippen LogP contribution in [0.4, 0.5) is 10.1 Å². The Balaban J connectivity index is 0.00000104. The number of rotatable bonds is 14. The lowest BCUT2D eigenvalue weighted by molar-refractivity contribution is -0.144. The maximum atomic E-state index is 13.6. The fraction of sp³-hybridized carbons (Fsp3) is 0.433. The number of esters is 1. The number of anilines is 1. The molecule has 0 fully saturated rings. The number of aliphatic carboxylic acids is 1. The van der Waals surface area contributed by atoms with E-state index in [1.54, 1.807) is 33.0 Å². The van der Waals surface area contributed by atoms with E-state index in [1.807, 2.05) is 12.2 Å². The molecule has 1 aromatic heterocycles. The van der Waals surface area contributed by atoms with Gasteiger partial charge in [0.25, 0.3) is 0 Å². The van der Waals surface area contributed by atoms with Gasteiger partial charge in [0.05, 0.1) is 30.0 Å². The molecule has 0 aliphatic heterocycles. The molecule has 13 heteroatoms. The van der Waals surface area contributed by atoms with Crippen molar-refractivity contribution in [3.8, 4) is 0 Å². The average molecular weight is 627 g/mol. The molecule has 0 radical (unpaired) electrons. The van der Waals surface area contributed by atoms with E-state index < -0.39 is 18.2 Å². The lowest BCUT2D eigenvalue weighted by Crippen LogP contribution is -2.16. The molecule has 11 nitrogen and oxygen atoms in total. The van der Waals surface area contributed by atoms with Crippen molar-refractivity contribution in [3.63, 3.8) is 0 Å². The van der Waals surface area contributed by atoms with Crippen LogP contribution in [0.3, 0.4) is 0 Å². The highest BCUT2D eigenvalue weighted by molar-refractivity contribution is 6.34. The molecule has 1 aliphatic rings. The van der Waals surface area contributed by atoms with Crippen LogP contribution in [0.2, 0.25) is 5.02 Å². The second-order valence-corrected chi connectivity index (χ2v) is 9.45. The third kappa shape index (κ3) is 17.8. The third-order valence-electron chi connectivity index (χ3n) is 5.06. The van der Waals surface area contributed by atoms with Crippen LogP contribution in [0, 0.1) is 0 Å². The van der Waals surface area contributed by atoms with Crippen LogP contribution in [-0.2, 0) is 35.1 Å². The predicted molar refractivity (Wildman–Crippen MR) is 160 cm³/mol. The van der Waals surface area contributed by atoms with Crippen molar-refractivity contribution >= 4 is 41.8 Å². The second-order valence-electron chi connectivity index (χ2n) is 9.07. The monoisotopic (exact) mass is 626 g/mol. The van der Waals surface area contributed by atoms with Gasteiger partial charge in [-0.2, -0.15) is 0 Å². The average Bonchev–Trinajstić information content (AvgIpc) is 2.93. The summed E-state index contributed by atoms with van der Waals surface area (Å²) in [6, 6.07) is 0. The normalized spacial score (nSPS) is 16.1. The summed E-state index contributed by atoms with van der Waals surface area (Å²) in [6.45, 7) is 9.49. The van der Waals surface area contributed by atoms with E-state index in [-0.39, 0.29) is 43.6 Å². The van der Waals surface area contributed by atoms with Crippen LogP contribution < -0.4 is 5.32 Å². The molecule has 1 heterocycles. The Labute approximate surface area is 255 Å². The third-order valence-corrected chi connectivity index (χ3v) is 5.49. The Kier molecular flexibility index (Phi) is 20.9. The maximum absolute atomic E-state index is 13.6. The zero-order chi connectivity index (χ0) is 32.8. The number of nitrogens with zero attached hydrogens (tertiary/aromatic N) is 1. The molecule has 0 spiro atoms. The Hall–Kier alpha value is -3.71. The Morgan fingerprint density at radius 1 is 1.23 bits per heavy atom. The number of aliphatic hydroxyl groups is 2. The molecule has 0 amide bonds. The van der Waals surface area contributed by atoms with Gasteiger partial charge in [-0.1, -0.05) is 36.4 Å². The molecule has 0 saturated carbocycles. The summed E-state index contributed by atoms with van der Waals surface area (Å²) in [6.07, 6.45) is 9.03. The largest absolute Gasteiger partial charge is 0.481 e. The molecule has 0 aromatic carbocycles. The second kappa shape index (κ2) is 22.8. The number of nitrogens with one attached hydrogen (secondary N) is 1. The molecule has 0 saturated heterocycles. The van der Waals surface area contributed by atoms with Gasteiger partial charge in [0.15, 0.2) is 0 Å². The summed E-state index contributed by atoms with van der Waals surface area (Å²) in [4.78, 5) is 42.7. The summed E-state index contributed by atoms with van der Waals surface area (Å²) in [5, 5.41) is 30.8. The van der Waals surface area contributed by atoms with Crippen LogP contribution in [0.5, 0.6) is 0 Å². The lowest BCUT2D eigenvalue weighted by atomic mass is 10.0. The summed E-state index contributed by atoms with van der Waals surface area (Å²) < 4.78 is 23.5. The van der Waals surface area contributed by atoms with Crippen LogP contribution in [-0.4, -0.2) is 70.7 Å². The zero-order valence-electron chi connectivity index (χ0n) is 24.6. The smallest absolute Gasteiger partial charge is 0.312 e. The number of ether oxygens (including phenoxy) is 2. The number of carboxylic acids is 1. The van der Waals surface area contributed by atoms with Crippen molar-refractivity contribution in [2.75, 3.05) is 25.1 Å². The molecule has 1 unspecified atom stereocenters. The quantitative estimate of drug-likeness (QED) is 0.0748. The number of hydrogen-bond donors (Lipinski definition) is 4. The van der Waals surface area contributed by atoms with Crippen molar-refractivity contribution in [2.24, 2.45) is 0 Å². The Morgan fingerprint density at radius 2 is 1.91 bits per heavy atom. The molecular weight excluding hydrogens is 587 g/mol. The number of pyridine rings is 1. The maximum Gasteiger partial charge on any atom is 0.312 e. The zero-order valence-corrected chi connectivity index (χ0v) is 25.3. The van der Waals surface area contributed by atoms with Gasteiger partial charge in [-0.3, -0.25) is 14.6 Å². The first-order chi connectivity index (χ1) is 20.4. The van der Waals surface area contributed by atoms with E-state index in [9.17, 15) is 33.8 Å². The summed E-state index contributed by atoms with van der Waals surface area (Å²) in [5.41, 5.74) is 2.84. The molecule has 4 N–H and O–H groups in total. The number of aldehydes is 2. The number of halogens is 2. The van der Waals surface area contributed by atoms with Crippen molar-refractivity contribution in [2.45, 2.75) is 65.3 Å². The summed E-state index contributed by atoms with van der Waals surface area (Å²) in [5.74, 6) is -1.70. The van der Waals surface area contributed by atoms with Crippen molar-refractivity contribution in [1.29, 1.82) is 0 Å². The Morgan fingerprint density at radius 3 is 2.44 bits per heavy atom. The van der Waals surface area contributed by atoms with E-state index in [0.29, 0.717) is 54.7 Å². The van der Waals surface area contributed by atoms with Gasteiger partial charge in [-0.05, 0) is 50.0 Å². The lowest BCUT2D eigenvalue weighted by Gasteiger charge is -2.21. The van der Waals surface area contributed by atoms with Gasteiger partial charge in [0.1, 0.15) is 36.9 Å². The molecule has 1 atom stereocenters.